The van der Waals surface area contributed by atoms with Crippen LogP contribution in [0.5, 0.6) is 0 Å². The summed E-state index contributed by atoms with van der Waals surface area (Å²) in [5, 5.41) is 8.67. The van der Waals surface area contributed by atoms with Crippen LogP contribution in [0, 0.1) is 10.5 Å². The van der Waals surface area contributed by atoms with Crippen LogP contribution in [-0.4, -0.2) is 10.2 Å². The first kappa shape index (κ1) is 14.9. The Balaban J connectivity index is 2.90. The van der Waals surface area contributed by atoms with E-state index >= 15 is 0 Å². The lowest BCUT2D eigenvalue weighted by Crippen LogP contribution is -2.24. The largest absolute Gasteiger partial charge is 0.156 e. The SMILES string of the molecule is CCCCCC(C)(CC)c1nnc(C)cc1I. The molecule has 96 valence electrons. The predicted molar refractivity (Wildman–Crippen MR) is 81.3 cm³/mol. The van der Waals surface area contributed by atoms with Gasteiger partial charge in [0, 0.05) is 8.99 Å². The summed E-state index contributed by atoms with van der Waals surface area (Å²) in [4.78, 5) is 0. The minimum atomic E-state index is 0.187. The Bertz CT molecular complexity index is 365. The van der Waals surface area contributed by atoms with E-state index < -0.39 is 0 Å². The number of aromatic nitrogens is 2. The summed E-state index contributed by atoms with van der Waals surface area (Å²) >= 11 is 2.39. The van der Waals surface area contributed by atoms with Gasteiger partial charge in [-0.2, -0.15) is 10.2 Å². The van der Waals surface area contributed by atoms with Gasteiger partial charge in [0.2, 0.25) is 0 Å². The Morgan fingerprint density at radius 1 is 1.24 bits per heavy atom. The highest BCUT2D eigenvalue weighted by Crippen LogP contribution is 2.34. The predicted octanol–water partition coefficient (Wildman–Crippen LogP) is 4.64. The Kier molecular flexibility index (Phi) is 5.83. The van der Waals surface area contributed by atoms with Crippen LogP contribution < -0.4 is 0 Å². The Hall–Kier alpha value is -0.190. The highest BCUT2D eigenvalue weighted by Gasteiger charge is 2.28. The van der Waals surface area contributed by atoms with Gasteiger partial charge in [-0.3, -0.25) is 0 Å². The van der Waals surface area contributed by atoms with Gasteiger partial charge < -0.3 is 0 Å². The van der Waals surface area contributed by atoms with Crippen molar-refractivity contribution >= 4 is 22.6 Å². The van der Waals surface area contributed by atoms with Crippen molar-refractivity contribution in [3.05, 3.63) is 21.0 Å². The third kappa shape index (κ3) is 3.90. The van der Waals surface area contributed by atoms with E-state index in [0.717, 1.165) is 12.1 Å². The van der Waals surface area contributed by atoms with Crippen molar-refractivity contribution in [3.63, 3.8) is 0 Å². The van der Waals surface area contributed by atoms with Gasteiger partial charge in [-0.1, -0.05) is 40.0 Å². The monoisotopic (exact) mass is 346 g/mol. The fraction of sp³-hybridized carbons (Fsp3) is 0.714. The van der Waals surface area contributed by atoms with Gasteiger partial charge in [-0.25, -0.2) is 0 Å². The van der Waals surface area contributed by atoms with E-state index in [0.29, 0.717) is 0 Å². The normalized spacial score (nSPS) is 14.6. The number of hydrogen-bond acceptors (Lipinski definition) is 2. The average molecular weight is 346 g/mol. The molecule has 0 aliphatic carbocycles. The molecule has 0 aliphatic rings. The second-order valence-electron chi connectivity index (χ2n) is 5.05. The quantitative estimate of drug-likeness (QED) is 0.554. The molecule has 0 saturated heterocycles. The van der Waals surface area contributed by atoms with Crippen LogP contribution in [0.25, 0.3) is 0 Å². The van der Waals surface area contributed by atoms with Crippen LogP contribution in [0.3, 0.4) is 0 Å². The van der Waals surface area contributed by atoms with Gasteiger partial charge in [-0.15, -0.1) is 0 Å². The summed E-state index contributed by atoms with van der Waals surface area (Å²) in [5.41, 5.74) is 2.37. The first-order valence-electron chi connectivity index (χ1n) is 6.53. The van der Waals surface area contributed by atoms with Crippen molar-refractivity contribution in [2.75, 3.05) is 0 Å². The number of halogens is 1. The van der Waals surface area contributed by atoms with E-state index in [-0.39, 0.29) is 5.41 Å². The summed E-state index contributed by atoms with van der Waals surface area (Å²) in [7, 11) is 0. The smallest absolute Gasteiger partial charge is 0.0823 e. The van der Waals surface area contributed by atoms with Crippen LogP contribution in [-0.2, 0) is 5.41 Å². The topological polar surface area (TPSA) is 25.8 Å². The fourth-order valence-corrected chi connectivity index (χ4v) is 3.30. The summed E-state index contributed by atoms with van der Waals surface area (Å²) in [5.74, 6) is 0. The second-order valence-corrected chi connectivity index (χ2v) is 6.22. The molecule has 17 heavy (non-hydrogen) atoms. The van der Waals surface area contributed by atoms with Gasteiger partial charge in [0.05, 0.1) is 11.4 Å². The van der Waals surface area contributed by atoms with Crippen molar-refractivity contribution in [1.82, 2.24) is 10.2 Å². The summed E-state index contributed by atoms with van der Waals surface area (Å²) < 4.78 is 1.26. The van der Waals surface area contributed by atoms with Crippen molar-refractivity contribution in [1.29, 1.82) is 0 Å². The molecule has 0 N–H and O–H groups in total. The van der Waals surface area contributed by atoms with Gasteiger partial charge in [0.25, 0.3) is 0 Å². The number of unbranched alkanes of at least 4 members (excludes halogenated alkanes) is 2. The molecule has 0 saturated carbocycles. The van der Waals surface area contributed by atoms with Crippen LogP contribution >= 0.6 is 22.6 Å². The third-order valence-electron chi connectivity index (χ3n) is 3.55. The van der Waals surface area contributed by atoms with E-state index in [1.54, 1.807) is 0 Å². The van der Waals surface area contributed by atoms with Crippen molar-refractivity contribution in [3.8, 4) is 0 Å². The maximum atomic E-state index is 4.44. The molecule has 1 aromatic heterocycles. The molecule has 0 spiro atoms. The third-order valence-corrected chi connectivity index (χ3v) is 4.38. The zero-order chi connectivity index (χ0) is 12.9. The molecule has 1 heterocycles. The summed E-state index contributed by atoms with van der Waals surface area (Å²) in [6, 6.07) is 2.14. The minimum Gasteiger partial charge on any atom is -0.156 e. The molecule has 0 bridgehead atoms. The molecule has 0 amide bonds. The van der Waals surface area contributed by atoms with Gasteiger partial charge in [0.15, 0.2) is 0 Å². The Morgan fingerprint density at radius 3 is 2.47 bits per heavy atom. The highest BCUT2D eigenvalue weighted by molar-refractivity contribution is 14.1. The van der Waals surface area contributed by atoms with Crippen molar-refractivity contribution < 1.29 is 0 Å². The number of aryl methyl sites for hydroxylation is 1. The Morgan fingerprint density at radius 2 is 1.94 bits per heavy atom. The van der Waals surface area contributed by atoms with Crippen LogP contribution in [0.2, 0.25) is 0 Å². The lowest BCUT2D eigenvalue weighted by Gasteiger charge is -2.28. The maximum Gasteiger partial charge on any atom is 0.0823 e. The molecule has 0 radical (unpaired) electrons. The summed E-state index contributed by atoms with van der Waals surface area (Å²) in [6.07, 6.45) is 6.21. The van der Waals surface area contributed by atoms with E-state index in [9.17, 15) is 0 Å². The van der Waals surface area contributed by atoms with Gasteiger partial charge in [0.1, 0.15) is 0 Å². The molecule has 2 nitrogen and oxygen atoms in total. The average Bonchev–Trinajstić information content (AvgIpc) is 2.29. The number of rotatable bonds is 6. The molecular weight excluding hydrogens is 323 g/mol. The zero-order valence-corrected chi connectivity index (χ0v) is 13.5. The first-order valence-corrected chi connectivity index (χ1v) is 7.61. The second kappa shape index (κ2) is 6.66. The molecule has 1 atom stereocenters. The van der Waals surface area contributed by atoms with Crippen LogP contribution in [0.1, 0.15) is 64.3 Å². The van der Waals surface area contributed by atoms with Gasteiger partial charge >= 0.3 is 0 Å². The highest BCUT2D eigenvalue weighted by atomic mass is 127. The van der Waals surface area contributed by atoms with Gasteiger partial charge in [-0.05, 0) is 48.4 Å². The molecule has 0 aliphatic heterocycles. The van der Waals surface area contributed by atoms with E-state index in [1.165, 1.54) is 34.9 Å². The fourth-order valence-electron chi connectivity index (χ4n) is 2.09. The minimum absolute atomic E-state index is 0.187. The molecule has 1 unspecified atom stereocenters. The molecule has 0 aromatic carbocycles. The first-order chi connectivity index (χ1) is 8.03. The number of nitrogens with zero attached hydrogens (tertiary/aromatic N) is 2. The number of hydrogen-bond donors (Lipinski definition) is 0. The Labute approximate surface area is 119 Å². The van der Waals surface area contributed by atoms with E-state index in [4.69, 9.17) is 0 Å². The van der Waals surface area contributed by atoms with E-state index in [1.807, 2.05) is 6.92 Å². The molecule has 0 fully saturated rings. The molecule has 1 rings (SSSR count). The van der Waals surface area contributed by atoms with Crippen LogP contribution in [0.15, 0.2) is 6.07 Å². The van der Waals surface area contributed by atoms with Crippen molar-refractivity contribution in [2.45, 2.75) is 65.2 Å². The standard InChI is InChI=1S/C14H23IN2/c1-5-7-8-9-14(4,6-2)13-12(15)10-11(3)16-17-13/h10H,5-9H2,1-4H3. The molecular formula is C14H23IN2. The summed E-state index contributed by atoms with van der Waals surface area (Å²) in [6.45, 7) is 8.83. The maximum absolute atomic E-state index is 4.44. The zero-order valence-electron chi connectivity index (χ0n) is 11.4. The van der Waals surface area contributed by atoms with Crippen molar-refractivity contribution in [2.24, 2.45) is 0 Å². The van der Waals surface area contributed by atoms with Crippen LogP contribution in [0.4, 0.5) is 0 Å². The molecule has 1 aromatic rings. The lowest BCUT2D eigenvalue weighted by molar-refractivity contribution is 0.382. The lowest BCUT2D eigenvalue weighted by atomic mass is 9.79. The molecule has 3 heteroatoms. The van der Waals surface area contributed by atoms with E-state index in [2.05, 4.69) is 59.6 Å².